The van der Waals surface area contributed by atoms with Gasteiger partial charge in [0.1, 0.15) is 0 Å². The number of unbranched alkanes of at least 4 members (excludes halogenated alkanes) is 12. The first-order chi connectivity index (χ1) is 12.9. The van der Waals surface area contributed by atoms with Crippen LogP contribution in [0.3, 0.4) is 0 Å². The van der Waals surface area contributed by atoms with E-state index in [4.69, 9.17) is 5.73 Å². The van der Waals surface area contributed by atoms with Crippen LogP contribution in [0, 0.1) is 0 Å². The highest BCUT2D eigenvalue weighted by Crippen LogP contribution is 2.12. The zero-order valence-corrected chi connectivity index (χ0v) is 17.5. The topological polar surface area (TPSA) is 50.4 Å². The zero-order chi connectivity index (χ0) is 18.7. The largest absolute Gasteiger partial charge is 0.369 e. The molecular weight excluding hydrogens is 318 g/mol. The first kappa shape index (κ1) is 23.2. The lowest BCUT2D eigenvalue weighted by atomic mass is 10.1. The summed E-state index contributed by atoms with van der Waals surface area (Å²) in [7, 11) is 0. The molecule has 0 saturated heterocycles. The minimum Gasteiger partial charge on any atom is -0.369 e. The third-order valence-corrected chi connectivity index (χ3v) is 5.31. The molecule has 1 aliphatic rings. The van der Waals surface area contributed by atoms with E-state index in [1.165, 1.54) is 95.7 Å². The van der Waals surface area contributed by atoms with Crippen molar-refractivity contribution in [1.82, 2.24) is 5.32 Å². The molecule has 0 aromatic carbocycles. The number of aliphatic imine (C=N–C) groups is 1. The number of hydrogen-bond donors (Lipinski definition) is 2. The highest BCUT2D eigenvalue weighted by molar-refractivity contribution is 5.83. The van der Waals surface area contributed by atoms with Gasteiger partial charge in [-0.25, -0.2) is 0 Å². The second kappa shape index (κ2) is 17.6. The van der Waals surface area contributed by atoms with Crippen molar-refractivity contribution in [3.8, 4) is 0 Å². The molecular formula is C23H45N3. The van der Waals surface area contributed by atoms with Crippen molar-refractivity contribution >= 4 is 5.84 Å². The molecule has 152 valence electrons. The van der Waals surface area contributed by atoms with Crippen molar-refractivity contribution in [2.45, 2.75) is 116 Å². The molecule has 3 nitrogen and oxygen atoms in total. The molecule has 3 heteroatoms. The van der Waals surface area contributed by atoms with Crippen LogP contribution in [0.1, 0.15) is 110 Å². The van der Waals surface area contributed by atoms with Crippen LogP contribution in [-0.4, -0.2) is 25.0 Å². The van der Waals surface area contributed by atoms with Gasteiger partial charge in [0.25, 0.3) is 0 Å². The predicted molar refractivity (Wildman–Crippen MR) is 117 cm³/mol. The second-order valence-electron chi connectivity index (χ2n) is 7.89. The van der Waals surface area contributed by atoms with Gasteiger partial charge < -0.3 is 11.1 Å². The lowest BCUT2D eigenvalue weighted by Crippen LogP contribution is -2.31. The Balaban J connectivity index is 1.76. The number of allylic oxidation sites excluding steroid dienone is 2. The van der Waals surface area contributed by atoms with Crippen LogP contribution in [-0.2, 0) is 0 Å². The quantitative estimate of drug-likeness (QED) is 0.227. The van der Waals surface area contributed by atoms with Gasteiger partial charge in [-0.05, 0) is 45.1 Å². The Morgan fingerprint density at radius 2 is 1.46 bits per heavy atom. The smallest absolute Gasteiger partial charge is 0.0966 e. The van der Waals surface area contributed by atoms with Crippen molar-refractivity contribution in [3.05, 3.63) is 12.2 Å². The lowest BCUT2D eigenvalue weighted by molar-refractivity contribution is 0.592. The Morgan fingerprint density at radius 3 is 2.08 bits per heavy atom. The van der Waals surface area contributed by atoms with E-state index in [0.717, 1.165) is 25.9 Å². The Bertz CT molecular complexity index is 362. The average molecular weight is 364 g/mol. The fourth-order valence-corrected chi connectivity index (χ4v) is 3.60. The fraction of sp³-hybridized carbons (Fsp3) is 0.870. The first-order valence-corrected chi connectivity index (χ1v) is 11.5. The van der Waals surface area contributed by atoms with E-state index in [1.54, 1.807) is 0 Å². The van der Waals surface area contributed by atoms with Crippen LogP contribution < -0.4 is 11.1 Å². The van der Waals surface area contributed by atoms with Gasteiger partial charge in [0.15, 0.2) is 0 Å². The summed E-state index contributed by atoms with van der Waals surface area (Å²) >= 11 is 0. The molecule has 0 radical (unpaired) electrons. The van der Waals surface area contributed by atoms with Gasteiger partial charge in [-0.2, -0.15) is 0 Å². The van der Waals surface area contributed by atoms with Crippen molar-refractivity contribution in [2.75, 3.05) is 13.1 Å². The molecule has 0 aromatic heterocycles. The molecule has 0 aromatic rings. The van der Waals surface area contributed by atoms with Crippen molar-refractivity contribution in [1.29, 1.82) is 0 Å². The van der Waals surface area contributed by atoms with E-state index in [0.29, 0.717) is 6.04 Å². The molecule has 26 heavy (non-hydrogen) atoms. The van der Waals surface area contributed by atoms with Crippen LogP contribution in [0.5, 0.6) is 0 Å². The Kier molecular flexibility index (Phi) is 15.7. The van der Waals surface area contributed by atoms with Gasteiger partial charge in [-0.1, -0.05) is 76.9 Å². The van der Waals surface area contributed by atoms with E-state index in [1.807, 2.05) is 0 Å². The second-order valence-corrected chi connectivity index (χ2v) is 7.89. The van der Waals surface area contributed by atoms with Gasteiger partial charge in [0.2, 0.25) is 0 Å². The molecule has 0 amide bonds. The number of nitrogens with zero attached hydrogens (tertiary/aromatic N) is 1. The molecule has 0 bridgehead atoms. The zero-order valence-electron chi connectivity index (χ0n) is 17.5. The molecule has 1 rings (SSSR count). The lowest BCUT2D eigenvalue weighted by Gasteiger charge is -2.09. The molecule has 3 N–H and O–H groups in total. The van der Waals surface area contributed by atoms with Gasteiger partial charge in [0, 0.05) is 12.5 Å². The molecule has 1 unspecified atom stereocenters. The number of amidine groups is 1. The normalized spacial score (nSPS) is 17.0. The molecule has 0 spiro atoms. The molecule has 0 saturated carbocycles. The van der Waals surface area contributed by atoms with E-state index < -0.39 is 0 Å². The summed E-state index contributed by atoms with van der Waals surface area (Å²) in [6.07, 6.45) is 26.1. The maximum absolute atomic E-state index is 5.60. The highest BCUT2D eigenvalue weighted by atomic mass is 15.1. The standard InChI is InChI=1S/C23H45N3/c1-2-3-4-5-6-7-8-9-10-11-12-13-14-15-16-17-18-23-25-21-22(26-23)19-20-24/h9-10,22H,2-8,11-21,24H2,1H3,(H,25,26)/b10-9-. The number of nitrogens with two attached hydrogens (primary N) is 1. The van der Waals surface area contributed by atoms with Crippen LogP contribution in [0.4, 0.5) is 0 Å². The third-order valence-electron chi connectivity index (χ3n) is 5.31. The molecule has 0 aliphatic carbocycles. The van der Waals surface area contributed by atoms with Crippen LogP contribution in [0.25, 0.3) is 0 Å². The van der Waals surface area contributed by atoms with Gasteiger partial charge in [0.05, 0.1) is 12.4 Å². The number of nitrogens with one attached hydrogen (secondary N) is 1. The van der Waals surface area contributed by atoms with E-state index >= 15 is 0 Å². The summed E-state index contributed by atoms with van der Waals surface area (Å²) in [4.78, 5) is 4.59. The summed E-state index contributed by atoms with van der Waals surface area (Å²) < 4.78 is 0. The third kappa shape index (κ3) is 13.4. The number of hydrogen-bond acceptors (Lipinski definition) is 3. The maximum atomic E-state index is 5.60. The summed E-state index contributed by atoms with van der Waals surface area (Å²) in [6, 6.07) is 0.504. The number of rotatable bonds is 18. The Morgan fingerprint density at radius 1 is 0.885 bits per heavy atom. The molecule has 0 fully saturated rings. The van der Waals surface area contributed by atoms with E-state index in [-0.39, 0.29) is 0 Å². The van der Waals surface area contributed by atoms with Crippen LogP contribution >= 0.6 is 0 Å². The average Bonchev–Trinajstić information content (AvgIpc) is 3.09. The van der Waals surface area contributed by atoms with Crippen LogP contribution in [0.15, 0.2) is 17.1 Å². The Labute approximate surface area is 163 Å². The predicted octanol–water partition coefficient (Wildman–Crippen LogP) is 6.13. The SMILES string of the molecule is CCCCCCCC/C=C\CCCCCCCCC1=NCC(CCN)N1. The Hall–Kier alpha value is -0.830. The molecule has 1 aliphatic heterocycles. The van der Waals surface area contributed by atoms with Gasteiger partial charge >= 0.3 is 0 Å². The van der Waals surface area contributed by atoms with E-state index in [2.05, 4.69) is 29.4 Å². The minimum atomic E-state index is 0.504. The summed E-state index contributed by atoms with van der Waals surface area (Å²) in [5.74, 6) is 1.22. The summed E-state index contributed by atoms with van der Waals surface area (Å²) in [6.45, 7) is 3.97. The van der Waals surface area contributed by atoms with Crippen molar-refractivity contribution in [3.63, 3.8) is 0 Å². The van der Waals surface area contributed by atoms with Gasteiger partial charge in [-0.3, -0.25) is 4.99 Å². The minimum absolute atomic E-state index is 0.504. The van der Waals surface area contributed by atoms with Crippen molar-refractivity contribution in [2.24, 2.45) is 10.7 Å². The monoisotopic (exact) mass is 363 g/mol. The molecule has 1 atom stereocenters. The van der Waals surface area contributed by atoms with Crippen LogP contribution in [0.2, 0.25) is 0 Å². The van der Waals surface area contributed by atoms with Gasteiger partial charge in [-0.15, -0.1) is 0 Å². The van der Waals surface area contributed by atoms with E-state index in [9.17, 15) is 0 Å². The summed E-state index contributed by atoms with van der Waals surface area (Å²) in [5.41, 5.74) is 5.60. The maximum Gasteiger partial charge on any atom is 0.0966 e. The van der Waals surface area contributed by atoms with Crippen molar-refractivity contribution < 1.29 is 0 Å². The fourth-order valence-electron chi connectivity index (χ4n) is 3.60. The highest BCUT2D eigenvalue weighted by Gasteiger charge is 2.15. The first-order valence-electron chi connectivity index (χ1n) is 11.5. The molecule has 1 heterocycles. The summed E-state index contributed by atoms with van der Waals surface area (Å²) in [5, 5.41) is 3.51.